The van der Waals surface area contributed by atoms with Crippen LogP contribution in [-0.4, -0.2) is 22.6 Å². The van der Waals surface area contributed by atoms with Gasteiger partial charge in [0.2, 0.25) is 5.95 Å². The van der Waals surface area contributed by atoms with Crippen molar-refractivity contribution in [3.05, 3.63) is 16.9 Å². The van der Waals surface area contributed by atoms with Gasteiger partial charge in [-0.05, 0) is 35.7 Å². The molecule has 0 aromatic carbocycles. The molecule has 70 valence electrons. The average molecular weight is 242 g/mol. The first-order valence-electron chi connectivity index (χ1n) is 4.51. The Morgan fingerprint density at radius 2 is 2.15 bits per heavy atom. The molecular weight excluding hydrogens is 230 g/mol. The predicted octanol–water partition coefficient (Wildman–Crippen LogP) is 2.23. The highest BCUT2D eigenvalue weighted by atomic mass is 79.9. The lowest BCUT2D eigenvalue weighted by molar-refractivity contribution is 0.716. The number of halogens is 1. The van der Waals surface area contributed by atoms with Crippen molar-refractivity contribution in [3.8, 4) is 0 Å². The second-order valence-electron chi connectivity index (χ2n) is 3.39. The maximum absolute atomic E-state index is 4.28. The van der Waals surface area contributed by atoms with Crippen LogP contribution in [0.5, 0.6) is 0 Å². The molecule has 0 unspecified atom stereocenters. The molecule has 1 atom stereocenters. The van der Waals surface area contributed by atoms with Gasteiger partial charge in [0.05, 0.1) is 4.47 Å². The first-order valence-corrected chi connectivity index (χ1v) is 5.31. The van der Waals surface area contributed by atoms with Gasteiger partial charge in [0.15, 0.2) is 0 Å². The van der Waals surface area contributed by atoms with E-state index in [9.17, 15) is 0 Å². The zero-order valence-electron chi connectivity index (χ0n) is 7.57. The topological polar surface area (TPSA) is 29.0 Å². The molecule has 0 saturated carbocycles. The molecule has 0 bridgehead atoms. The van der Waals surface area contributed by atoms with Gasteiger partial charge in [-0.15, -0.1) is 0 Å². The Labute approximate surface area is 86.3 Å². The third-order valence-electron chi connectivity index (χ3n) is 2.42. The molecule has 2 heterocycles. The summed E-state index contributed by atoms with van der Waals surface area (Å²) in [5, 5.41) is 0. The summed E-state index contributed by atoms with van der Waals surface area (Å²) in [7, 11) is 0. The minimum atomic E-state index is 0.584. The molecule has 3 nitrogen and oxygen atoms in total. The molecular formula is C9H12BrN3. The van der Waals surface area contributed by atoms with Crippen molar-refractivity contribution >= 4 is 21.9 Å². The molecule has 0 radical (unpaired) electrons. The quantitative estimate of drug-likeness (QED) is 0.756. The third-order valence-corrected chi connectivity index (χ3v) is 2.83. The van der Waals surface area contributed by atoms with Crippen LogP contribution >= 0.6 is 15.9 Å². The van der Waals surface area contributed by atoms with Crippen LogP contribution in [-0.2, 0) is 0 Å². The maximum atomic E-state index is 4.28. The van der Waals surface area contributed by atoms with E-state index in [1.165, 1.54) is 12.8 Å². The predicted molar refractivity (Wildman–Crippen MR) is 55.8 cm³/mol. The van der Waals surface area contributed by atoms with E-state index in [0.29, 0.717) is 6.04 Å². The third kappa shape index (κ3) is 1.82. The second kappa shape index (κ2) is 3.62. The Kier molecular flexibility index (Phi) is 2.49. The molecule has 1 aliphatic heterocycles. The molecule has 1 fully saturated rings. The highest BCUT2D eigenvalue weighted by Gasteiger charge is 2.22. The van der Waals surface area contributed by atoms with Crippen LogP contribution in [0.25, 0.3) is 0 Å². The van der Waals surface area contributed by atoms with Crippen LogP contribution in [0.1, 0.15) is 19.8 Å². The summed E-state index contributed by atoms with van der Waals surface area (Å²) in [4.78, 5) is 10.8. The Hall–Kier alpha value is -0.640. The molecule has 1 saturated heterocycles. The van der Waals surface area contributed by atoms with E-state index in [1.54, 1.807) is 12.4 Å². The lowest BCUT2D eigenvalue weighted by Crippen LogP contribution is -2.27. The van der Waals surface area contributed by atoms with Gasteiger partial charge in [0, 0.05) is 25.0 Å². The lowest BCUT2D eigenvalue weighted by atomic mass is 10.2. The first-order chi connectivity index (χ1) is 6.27. The van der Waals surface area contributed by atoms with E-state index in [-0.39, 0.29) is 0 Å². The van der Waals surface area contributed by atoms with Gasteiger partial charge >= 0.3 is 0 Å². The zero-order chi connectivity index (χ0) is 9.26. The number of hydrogen-bond acceptors (Lipinski definition) is 3. The molecule has 0 aliphatic carbocycles. The van der Waals surface area contributed by atoms with Crippen molar-refractivity contribution in [2.75, 3.05) is 11.4 Å². The highest BCUT2D eigenvalue weighted by Crippen LogP contribution is 2.21. The van der Waals surface area contributed by atoms with Gasteiger partial charge in [0.25, 0.3) is 0 Å². The summed E-state index contributed by atoms with van der Waals surface area (Å²) in [5.74, 6) is 0.855. The van der Waals surface area contributed by atoms with E-state index >= 15 is 0 Å². The van der Waals surface area contributed by atoms with Gasteiger partial charge in [0.1, 0.15) is 0 Å². The van der Waals surface area contributed by atoms with Crippen LogP contribution < -0.4 is 4.90 Å². The summed E-state index contributed by atoms with van der Waals surface area (Å²) in [6.07, 6.45) is 6.10. The standard InChI is InChI=1S/C9H12BrN3/c1-7-3-2-4-13(7)9-11-5-8(10)6-12-9/h5-7H,2-4H2,1H3/t7-/m1/s1. The summed E-state index contributed by atoms with van der Waals surface area (Å²) in [6.45, 7) is 3.31. The number of aromatic nitrogens is 2. The van der Waals surface area contributed by atoms with Crippen molar-refractivity contribution in [2.45, 2.75) is 25.8 Å². The van der Waals surface area contributed by atoms with Crippen LogP contribution in [0.3, 0.4) is 0 Å². The van der Waals surface area contributed by atoms with Crippen LogP contribution in [0.15, 0.2) is 16.9 Å². The Morgan fingerprint density at radius 1 is 1.46 bits per heavy atom. The molecule has 4 heteroatoms. The molecule has 0 amide bonds. The van der Waals surface area contributed by atoms with Crippen LogP contribution in [0.4, 0.5) is 5.95 Å². The number of rotatable bonds is 1. The van der Waals surface area contributed by atoms with Crippen LogP contribution in [0, 0.1) is 0 Å². The second-order valence-corrected chi connectivity index (χ2v) is 4.30. The van der Waals surface area contributed by atoms with Crippen molar-refractivity contribution < 1.29 is 0 Å². The molecule has 0 N–H and O–H groups in total. The van der Waals surface area contributed by atoms with Crippen LogP contribution in [0.2, 0.25) is 0 Å². The number of nitrogens with zero attached hydrogens (tertiary/aromatic N) is 3. The maximum Gasteiger partial charge on any atom is 0.225 e. The average Bonchev–Trinajstić information content (AvgIpc) is 2.53. The minimum Gasteiger partial charge on any atom is -0.338 e. The summed E-state index contributed by atoms with van der Waals surface area (Å²) >= 11 is 3.33. The zero-order valence-corrected chi connectivity index (χ0v) is 9.16. The van der Waals surface area contributed by atoms with Crippen molar-refractivity contribution in [2.24, 2.45) is 0 Å². The fraction of sp³-hybridized carbons (Fsp3) is 0.556. The Morgan fingerprint density at radius 3 is 2.69 bits per heavy atom. The molecule has 0 spiro atoms. The highest BCUT2D eigenvalue weighted by molar-refractivity contribution is 9.10. The van der Waals surface area contributed by atoms with E-state index in [1.807, 2.05) is 0 Å². The molecule has 1 aromatic heterocycles. The van der Waals surface area contributed by atoms with Gasteiger partial charge in [-0.25, -0.2) is 9.97 Å². The van der Waals surface area contributed by atoms with E-state index in [0.717, 1.165) is 17.0 Å². The monoisotopic (exact) mass is 241 g/mol. The lowest BCUT2D eigenvalue weighted by Gasteiger charge is -2.20. The summed E-state index contributed by atoms with van der Waals surface area (Å²) < 4.78 is 0.933. The summed E-state index contributed by atoms with van der Waals surface area (Å²) in [5.41, 5.74) is 0. The first kappa shape index (κ1) is 8.94. The number of anilines is 1. The van der Waals surface area contributed by atoms with E-state index in [2.05, 4.69) is 37.7 Å². The van der Waals surface area contributed by atoms with Crippen molar-refractivity contribution in [3.63, 3.8) is 0 Å². The Balaban J connectivity index is 2.20. The molecule has 1 aromatic rings. The minimum absolute atomic E-state index is 0.584. The summed E-state index contributed by atoms with van der Waals surface area (Å²) in [6, 6.07) is 0.584. The molecule has 2 rings (SSSR count). The molecule has 1 aliphatic rings. The smallest absolute Gasteiger partial charge is 0.225 e. The largest absolute Gasteiger partial charge is 0.338 e. The number of hydrogen-bond donors (Lipinski definition) is 0. The van der Waals surface area contributed by atoms with Crippen molar-refractivity contribution in [1.29, 1.82) is 0 Å². The van der Waals surface area contributed by atoms with Gasteiger partial charge in [-0.2, -0.15) is 0 Å². The Bertz CT molecular complexity index is 285. The van der Waals surface area contributed by atoms with Crippen molar-refractivity contribution in [1.82, 2.24) is 9.97 Å². The fourth-order valence-electron chi connectivity index (χ4n) is 1.68. The molecule has 13 heavy (non-hydrogen) atoms. The van der Waals surface area contributed by atoms with Gasteiger partial charge in [-0.3, -0.25) is 0 Å². The van der Waals surface area contributed by atoms with Gasteiger partial charge < -0.3 is 4.90 Å². The van der Waals surface area contributed by atoms with Gasteiger partial charge in [-0.1, -0.05) is 0 Å². The van der Waals surface area contributed by atoms with E-state index < -0.39 is 0 Å². The normalized spacial score (nSPS) is 22.3. The van der Waals surface area contributed by atoms with E-state index in [4.69, 9.17) is 0 Å². The fourth-order valence-corrected chi connectivity index (χ4v) is 1.89. The SMILES string of the molecule is C[C@@H]1CCCN1c1ncc(Br)cn1.